The number of ether oxygens (including phenoxy) is 2. The average Bonchev–Trinajstić information content (AvgIpc) is 3.32. The van der Waals surface area contributed by atoms with Gasteiger partial charge >= 0.3 is 0 Å². The van der Waals surface area contributed by atoms with Crippen molar-refractivity contribution in [3.05, 3.63) is 41.0 Å². The highest BCUT2D eigenvalue weighted by molar-refractivity contribution is 5.39. The van der Waals surface area contributed by atoms with E-state index in [0.717, 1.165) is 88.8 Å². The number of aromatic nitrogens is 2. The maximum absolute atomic E-state index is 6.33. The van der Waals surface area contributed by atoms with Crippen LogP contribution in [0.15, 0.2) is 22.7 Å². The molecule has 3 aliphatic rings. The molecule has 3 aliphatic heterocycles. The first-order valence-corrected chi connectivity index (χ1v) is 10.6. The second-order valence-corrected chi connectivity index (χ2v) is 8.65. The van der Waals surface area contributed by atoms with Crippen LogP contribution in [0.25, 0.3) is 0 Å². The summed E-state index contributed by atoms with van der Waals surface area (Å²) in [6.07, 6.45) is 6.34. The van der Waals surface area contributed by atoms with E-state index in [1.54, 1.807) is 0 Å². The lowest BCUT2D eigenvalue weighted by atomic mass is 9.78. The summed E-state index contributed by atoms with van der Waals surface area (Å²) in [5.74, 6) is 3.15. The van der Waals surface area contributed by atoms with Gasteiger partial charge in [0, 0.05) is 39.1 Å². The van der Waals surface area contributed by atoms with Crippen molar-refractivity contribution in [3.63, 3.8) is 0 Å². The van der Waals surface area contributed by atoms with Crippen LogP contribution in [0.2, 0.25) is 0 Å². The second kappa shape index (κ2) is 7.48. The van der Waals surface area contributed by atoms with Gasteiger partial charge in [-0.2, -0.15) is 4.98 Å². The standard InChI is InChI=1S/C22H29N3O3/c1-16-23-21(28-24-16)13-17-4-11-27-22(14-17)6-8-25(9-7-22)15-18-2-3-20-19(12-18)5-10-26-20/h2-3,12,17H,4-11,13-15H2,1H3. The summed E-state index contributed by atoms with van der Waals surface area (Å²) in [5.41, 5.74) is 2.80. The largest absolute Gasteiger partial charge is 0.493 e. The van der Waals surface area contributed by atoms with Crippen molar-refractivity contribution >= 4 is 0 Å². The number of rotatable bonds is 4. The molecule has 2 aromatic rings. The molecule has 5 rings (SSSR count). The highest BCUT2D eigenvalue weighted by Gasteiger charge is 2.40. The summed E-state index contributed by atoms with van der Waals surface area (Å²) >= 11 is 0. The van der Waals surface area contributed by atoms with E-state index in [0.29, 0.717) is 5.92 Å². The molecule has 0 saturated carbocycles. The van der Waals surface area contributed by atoms with Crippen molar-refractivity contribution in [2.45, 2.75) is 57.6 Å². The van der Waals surface area contributed by atoms with Crippen LogP contribution < -0.4 is 4.74 Å². The van der Waals surface area contributed by atoms with Gasteiger partial charge in [0.2, 0.25) is 5.89 Å². The maximum Gasteiger partial charge on any atom is 0.226 e. The molecule has 6 heteroatoms. The van der Waals surface area contributed by atoms with E-state index in [4.69, 9.17) is 14.0 Å². The number of piperidine rings is 1. The molecule has 0 N–H and O–H groups in total. The monoisotopic (exact) mass is 383 g/mol. The molecule has 2 saturated heterocycles. The van der Waals surface area contributed by atoms with Gasteiger partial charge < -0.3 is 14.0 Å². The average molecular weight is 383 g/mol. The normalized spacial score (nSPS) is 24.2. The van der Waals surface area contributed by atoms with Gasteiger partial charge in [0.25, 0.3) is 0 Å². The summed E-state index contributed by atoms with van der Waals surface area (Å²) in [6.45, 7) is 6.77. The first kappa shape index (κ1) is 18.1. The number of fused-ring (bicyclic) bond motifs is 1. The number of benzene rings is 1. The van der Waals surface area contributed by atoms with Gasteiger partial charge in [-0.15, -0.1) is 0 Å². The predicted molar refractivity (Wildman–Crippen MR) is 104 cm³/mol. The van der Waals surface area contributed by atoms with Crippen molar-refractivity contribution in [2.75, 3.05) is 26.3 Å². The lowest BCUT2D eigenvalue weighted by Crippen LogP contribution is -2.49. The van der Waals surface area contributed by atoms with Crippen molar-refractivity contribution in [1.82, 2.24) is 15.0 Å². The number of hydrogen-bond acceptors (Lipinski definition) is 6. The van der Waals surface area contributed by atoms with Crippen LogP contribution >= 0.6 is 0 Å². The molecule has 28 heavy (non-hydrogen) atoms. The van der Waals surface area contributed by atoms with Gasteiger partial charge in [-0.3, -0.25) is 4.90 Å². The predicted octanol–water partition coefficient (Wildman–Crippen LogP) is 3.32. The summed E-state index contributed by atoms with van der Waals surface area (Å²) in [6, 6.07) is 6.68. The molecule has 1 aromatic heterocycles. The van der Waals surface area contributed by atoms with E-state index >= 15 is 0 Å². The fraction of sp³-hybridized carbons (Fsp3) is 0.636. The smallest absolute Gasteiger partial charge is 0.226 e. The van der Waals surface area contributed by atoms with Crippen LogP contribution in [0.4, 0.5) is 0 Å². The Balaban J connectivity index is 1.16. The summed E-state index contributed by atoms with van der Waals surface area (Å²) in [5, 5.41) is 3.93. The third-order valence-electron chi connectivity index (χ3n) is 6.56. The lowest BCUT2D eigenvalue weighted by Gasteiger charge is -2.46. The molecule has 1 spiro atoms. The molecule has 0 bridgehead atoms. The van der Waals surface area contributed by atoms with Crippen molar-refractivity contribution < 1.29 is 14.0 Å². The molecule has 4 heterocycles. The zero-order chi connectivity index (χ0) is 19.0. The van der Waals surface area contributed by atoms with E-state index in [2.05, 4.69) is 33.2 Å². The molecule has 6 nitrogen and oxygen atoms in total. The first-order chi connectivity index (χ1) is 13.7. The van der Waals surface area contributed by atoms with E-state index < -0.39 is 0 Å². The highest BCUT2D eigenvalue weighted by Crippen LogP contribution is 2.39. The SMILES string of the molecule is Cc1noc(CC2CCOC3(CCN(Cc4ccc5c(c4)CCO5)CC3)C2)n1. The van der Waals surface area contributed by atoms with E-state index in [1.165, 1.54) is 11.1 Å². The van der Waals surface area contributed by atoms with Crippen LogP contribution in [-0.4, -0.2) is 46.9 Å². The minimum Gasteiger partial charge on any atom is -0.493 e. The van der Waals surface area contributed by atoms with Gasteiger partial charge in [-0.25, -0.2) is 0 Å². The molecule has 150 valence electrons. The Morgan fingerprint density at radius 2 is 2.11 bits per heavy atom. The van der Waals surface area contributed by atoms with E-state index in [9.17, 15) is 0 Å². The van der Waals surface area contributed by atoms with Gasteiger partial charge in [0.15, 0.2) is 5.82 Å². The summed E-state index contributed by atoms with van der Waals surface area (Å²) < 4.78 is 17.3. The zero-order valence-electron chi connectivity index (χ0n) is 16.7. The Kier molecular flexibility index (Phi) is 4.85. The Morgan fingerprint density at radius 3 is 2.93 bits per heavy atom. The summed E-state index contributed by atoms with van der Waals surface area (Å²) in [4.78, 5) is 6.95. The second-order valence-electron chi connectivity index (χ2n) is 8.65. The van der Waals surface area contributed by atoms with Crippen molar-refractivity contribution in [2.24, 2.45) is 5.92 Å². The van der Waals surface area contributed by atoms with Crippen LogP contribution in [0, 0.1) is 12.8 Å². The Labute approximate surface area is 166 Å². The molecule has 2 fully saturated rings. The van der Waals surface area contributed by atoms with Crippen LogP contribution in [-0.2, 0) is 24.1 Å². The zero-order valence-corrected chi connectivity index (χ0v) is 16.7. The highest BCUT2D eigenvalue weighted by atomic mass is 16.5. The van der Waals surface area contributed by atoms with Crippen LogP contribution in [0.3, 0.4) is 0 Å². The number of likely N-dealkylation sites (tertiary alicyclic amines) is 1. The van der Waals surface area contributed by atoms with Crippen molar-refractivity contribution in [3.8, 4) is 5.75 Å². The van der Waals surface area contributed by atoms with Gasteiger partial charge in [0.05, 0.1) is 12.2 Å². The summed E-state index contributed by atoms with van der Waals surface area (Å²) in [7, 11) is 0. The third kappa shape index (κ3) is 3.80. The fourth-order valence-corrected chi connectivity index (χ4v) is 5.04. The minimum absolute atomic E-state index is 0.0419. The number of aryl methyl sites for hydroxylation is 1. The molecule has 0 radical (unpaired) electrons. The topological polar surface area (TPSA) is 60.6 Å². The Morgan fingerprint density at radius 1 is 1.21 bits per heavy atom. The minimum atomic E-state index is 0.0419. The molecule has 1 atom stereocenters. The van der Waals surface area contributed by atoms with Crippen molar-refractivity contribution in [1.29, 1.82) is 0 Å². The molecule has 0 aliphatic carbocycles. The quantitative estimate of drug-likeness (QED) is 0.807. The van der Waals surface area contributed by atoms with Gasteiger partial charge in [-0.05, 0) is 55.7 Å². The van der Waals surface area contributed by atoms with E-state index in [-0.39, 0.29) is 5.60 Å². The molecule has 0 amide bonds. The first-order valence-electron chi connectivity index (χ1n) is 10.6. The molecular weight excluding hydrogens is 354 g/mol. The molecular formula is C22H29N3O3. The third-order valence-corrected chi connectivity index (χ3v) is 6.56. The Hall–Kier alpha value is -1.92. The maximum atomic E-state index is 6.33. The number of nitrogens with zero attached hydrogens (tertiary/aromatic N) is 3. The van der Waals surface area contributed by atoms with E-state index in [1.807, 2.05) is 6.92 Å². The lowest BCUT2D eigenvalue weighted by molar-refractivity contribution is -0.128. The molecule has 1 unspecified atom stereocenters. The van der Waals surface area contributed by atoms with Gasteiger partial charge in [0.1, 0.15) is 5.75 Å². The fourth-order valence-electron chi connectivity index (χ4n) is 5.04. The van der Waals surface area contributed by atoms with Crippen LogP contribution in [0.5, 0.6) is 5.75 Å². The number of hydrogen-bond donors (Lipinski definition) is 0. The Bertz CT molecular complexity index is 826. The molecule has 1 aromatic carbocycles. The van der Waals surface area contributed by atoms with Gasteiger partial charge in [-0.1, -0.05) is 17.3 Å². The van der Waals surface area contributed by atoms with Crippen LogP contribution in [0.1, 0.15) is 48.5 Å².